The number of ketones is 1. The Morgan fingerprint density at radius 2 is 1.71 bits per heavy atom. The average molecular weight is 591 g/mol. The molecule has 1 aromatic carbocycles. The summed E-state index contributed by atoms with van der Waals surface area (Å²) < 4.78 is 6.27. The Kier molecular flexibility index (Phi) is 12.5. The molecule has 1 saturated heterocycles. The van der Waals surface area contributed by atoms with E-state index in [2.05, 4.69) is 23.3 Å². The van der Waals surface area contributed by atoms with Gasteiger partial charge in [-0.2, -0.15) is 0 Å². The molecule has 0 saturated carbocycles. The number of hydrogen-bond acceptors (Lipinski definition) is 6. The van der Waals surface area contributed by atoms with Gasteiger partial charge in [0.2, 0.25) is 0 Å². The van der Waals surface area contributed by atoms with Gasteiger partial charge in [0, 0.05) is 77.4 Å². The Balaban J connectivity index is 0.000000598. The van der Waals surface area contributed by atoms with Gasteiger partial charge in [0.1, 0.15) is 0 Å². The summed E-state index contributed by atoms with van der Waals surface area (Å²) >= 11 is 3.47. The van der Waals surface area contributed by atoms with Gasteiger partial charge in [-0.15, -0.1) is 11.8 Å². The third kappa shape index (κ3) is 7.80. The summed E-state index contributed by atoms with van der Waals surface area (Å²) in [7, 11) is 0. The zero-order valence-electron chi connectivity index (χ0n) is 21.8. The number of nitrogens with zero attached hydrogens (tertiary/aromatic N) is 2. The number of carbonyl (C=O) groups is 2. The third-order valence-corrected chi connectivity index (χ3v) is 9.18. The van der Waals surface area contributed by atoms with Crippen LogP contribution in [0.5, 0.6) is 0 Å². The summed E-state index contributed by atoms with van der Waals surface area (Å²) in [4.78, 5) is 29.8. The van der Waals surface area contributed by atoms with Gasteiger partial charge >= 0.3 is 6.09 Å². The maximum absolute atomic E-state index is 13.5. The van der Waals surface area contributed by atoms with Crippen LogP contribution in [0.25, 0.3) is 0 Å². The van der Waals surface area contributed by atoms with Crippen molar-refractivity contribution >= 4 is 35.4 Å². The van der Waals surface area contributed by atoms with Crippen molar-refractivity contribution in [2.75, 3.05) is 39.0 Å². The molecule has 2 heterocycles. The first-order valence-corrected chi connectivity index (χ1v) is 14.8. The predicted octanol–water partition coefficient (Wildman–Crippen LogP) is 6.17. The Bertz CT molecular complexity index is 1100. The van der Waals surface area contributed by atoms with Crippen LogP contribution in [0.4, 0.5) is 4.79 Å². The Labute approximate surface area is 246 Å². The van der Waals surface area contributed by atoms with E-state index in [4.69, 9.17) is 4.74 Å². The van der Waals surface area contributed by atoms with E-state index in [0.717, 1.165) is 34.9 Å². The first-order valence-electron chi connectivity index (χ1n) is 12.7. The van der Waals surface area contributed by atoms with Gasteiger partial charge in [0.05, 0.1) is 12.0 Å². The molecule has 0 spiro atoms. The standard InChI is InChI=1S/C25H29N2O3S2.C5H5.Fe/c1-3-30-25(29)27-15-13-26(14-16-27)21-17-20(18-9-5-4-6-10-18)22(24(31-2)32-21)23(28)19-11-7-8-12-19;1-2-4-5-3-1;/h4-12,20-21H,3,13-17H2,1-2H3;1-5H;. The predicted molar refractivity (Wildman–Crippen MR) is 155 cm³/mol. The van der Waals surface area contributed by atoms with Crippen LogP contribution in [-0.2, 0) is 26.6 Å². The number of benzene rings is 1. The fourth-order valence-electron chi connectivity index (χ4n) is 4.73. The van der Waals surface area contributed by atoms with Crippen LogP contribution in [0.15, 0.2) is 88.2 Å². The molecule has 2 unspecified atom stereocenters. The minimum absolute atomic E-state index is 0. The molecule has 1 fully saturated rings. The van der Waals surface area contributed by atoms with Crippen LogP contribution >= 0.6 is 23.5 Å². The molecule has 38 heavy (non-hydrogen) atoms. The minimum Gasteiger partial charge on any atom is -0.450 e. The molecule has 1 amide bonds. The van der Waals surface area contributed by atoms with Crippen LogP contribution in [0.3, 0.4) is 0 Å². The Morgan fingerprint density at radius 1 is 1.00 bits per heavy atom. The van der Waals surface area contributed by atoms with Crippen LogP contribution in [0, 0.1) is 12.8 Å². The van der Waals surface area contributed by atoms with Crippen molar-refractivity contribution in [3.05, 3.63) is 107 Å². The minimum atomic E-state index is -0.224. The second-order valence-corrected chi connectivity index (χ2v) is 11.1. The van der Waals surface area contributed by atoms with Gasteiger partial charge in [0.25, 0.3) is 0 Å². The molecule has 202 valence electrons. The summed E-state index contributed by atoms with van der Waals surface area (Å²) in [5, 5.41) is 0.267. The quantitative estimate of drug-likeness (QED) is 0.370. The van der Waals surface area contributed by atoms with Crippen molar-refractivity contribution in [2.24, 2.45) is 0 Å². The topological polar surface area (TPSA) is 49.9 Å². The summed E-state index contributed by atoms with van der Waals surface area (Å²) in [5.41, 5.74) is 2.86. The number of allylic oxidation sites excluding steroid dienone is 9. The van der Waals surface area contributed by atoms with E-state index < -0.39 is 0 Å². The first kappa shape index (κ1) is 30.6. The van der Waals surface area contributed by atoms with Crippen LogP contribution in [0.1, 0.15) is 24.8 Å². The third-order valence-electron chi connectivity index (χ3n) is 6.61. The van der Waals surface area contributed by atoms with E-state index in [0.29, 0.717) is 19.7 Å². The van der Waals surface area contributed by atoms with Gasteiger partial charge in [-0.25, -0.2) is 4.79 Å². The van der Waals surface area contributed by atoms with Gasteiger partial charge in [-0.3, -0.25) is 9.69 Å². The summed E-state index contributed by atoms with van der Waals surface area (Å²) in [6.07, 6.45) is 20.4. The van der Waals surface area contributed by atoms with Gasteiger partial charge in [-0.05, 0) is 25.2 Å². The van der Waals surface area contributed by atoms with Crippen LogP contribution in [-0.4, -0.2) is 66.1 Å². The van der Waals surface area contributed by atoms with Crippen molar-refractivity contribution in [2.45, 2.75) is 24.6 Å². The number of Topliss-reactive ketones (excluding diaryl/α,β-unsaturated/α-hetero) is 1. The molecule has 0 aromatic heterocycles. The van der Waals surface area contributed by atoms with Crippen LogP contribution in [0.2, 0.25) is 0 Å². The SMILES string of the molecule is CCOC(=O)N1CCN(C2CC(c3ccccc3)C(C(=O)C3=C[CH]C=C3)=C(SC)S2)CC1.[CH]1C=CC=C1.[Fe]. The van der Waals surface area contributed by atoms with Crippen molar-refractivity contribution < 1.29 is 31.4 Å². The molecule has 0 bridgehead atoms. The maximum atomic E-state index is 13.5. The maximum Gasteiger partial charge on any atom is 0.409 e. The number of rotatable bonds is 6. The number of ether oxygens (including phenoxy) is 1. The molecule has 2 aliphatic carbocycles. The molecule has 5 nitrogen and oxygen atoms in total. The fourth-order valence-corrected chi connectivity index (χ4v) is 7.16. The summed E-state index contributed by atoms with van der Waals surface area (Å²) in [5.74, 6) is 0.182. The molecule has 0 N–H and O–H groups in total. The zero-order chi connectivity index (χ0) is 26.0. The van der Waals surface area contributed by atoms with Gasteiger partial charge < -0.3 is 9.64 Å². The molecule has 8 heteroatoms. The molecule has 2 atom stereocenters. The molecule has 1 aromatic rings. The van der Waals surface area contributed by atoms with Crippen molar-refractivity contribution in [3.63, 3.8) is 0 Å². The molecule has 4 aliphatic rings. The normalized spacial score (nSPS) is 22.5. The van der Waals surface area contributed by atoms with E-state index in [1.165, 1.54) is 5.56 Å². The molecular formula is C30H34FeN2O3S2. The van der Waals surface area contributed by atoms with Crippen LogP contribution < -0.4 is 0 Å². The average Bonchev–Trinajstić information content (AvgIpc) is 3.70. The fraction of sp³-hybridized carbons (Fsp3) is 0.333. The largest absolute Gasteiger partial charge is 0.450 e. The van der Waals surface area contributed by atoms with E-state index in [-0.39, 0.29) is 40.2 Å². The first-order chi connectivity index (χ1) is 18.1. The number of thioether (sulfide) groups is 2. The van der Waals surface area contributed by atoms with E-state index in [1.54, 1.807) is 28.4 Å². The second-order valence-electron chi connectivity index (χ2n) is 8.86. The Hall–Kier alpha value is -1.96. The molecular weight excluding hydrogens is 556 g/mol. The van der Waals surface area contributed by atoms with Gasteiger partial charge in [0.15, 0.2) is 5.78 Å². The number of carbonyl (C=O) groups excluding carboxylic acids is 2. The number of piperazine rings is 1. The van der Waals surface area contributed by atoms with Crippen molar-refractivity contribution in [1.29, 1.82) is 0 Å². The van der Waals surface area contributed by atoms with Gasteiger partial charge in [-0.1, -0.05) is 84.6 Å². The molecule has 2 radical (unpaired) electrons. The number of amides is 1. The molecule has 5 rings (SSSR count). The van der Waals surface area contributed by atoms with E-state index in [1.807, 2.05) is 80.5 Å². The monoisotopic (exact) mass is 590 g/mol. The summed E-state index contributed by atoms with van der Waals surface area (Å²) in [6, 6.07) is 10.4. The zero-order valence-corrected chi connectivity index (χ0v) is 24.5. The van der Waals surface area contributed by atoms with Crippen molar-refractivity contribution in [3.8, 4) is 0 Å². The second kappa shape index (κ2) is 15.6. The summed E-state index contributed by atoms with van der Waals surface area (Å²) in [6.45, 7) is 5.20. The number of hydrogen-bond donors (Lipinski definition) is 0. The van der Waals surface area contributed by atoms with Crippen molar-refractivity contribution in [1.82, 2.24) is 9.80 Å². The Morgan fingerprint density at radius 3 is 2.26 bits per heavy atom. The van der Waals surface area contributed by atoms with E-state index >= 15 is 0 Å². The van der Waals surface area contributed by atoms with E-state index in [9.17, 15) is 9.59 Å². The molecule has 2 aliphatic heterocycles. The smallest absolute Gasteiger partial charge is 0.409 e.